The molecule has 1 rings (SSSR count). The number of halogens is 3. The van der Waals surface area contributed by atoms with Crippen molar-refractivity contribution in [2.45, 2.75) is 52.4 Å². The lowest BCUT2D eigenvalue weighted by atomic mass is 10.0. The molecule has 0 aliphatic carbocycles. The van der Waals surface area contributed by atoms with E-state index in [-0.39, 0.29) is 17.5 Å². The van der Waals surface area contributed by atoms with Gasteiger partial charge in [-0.25, -0.2) is 0 Å². The molecule has 1 unspecified atom stereocenters. The lowest BCUT2D eigenvalue weighted by Gasteiger charge is -2.27. The molecule has 0 aromatic carbocycles. The van der Waals surface area contributed by atoms with E-state index in [0.717, 1.165) is 12.4 Å². The van der Waals surface area contributed by atoms with Crippen molar-refractivity contribution in [3.63, 3.8) is 0 Å². The van der Waals surface area contributed by atoms with Gasteiger partial charge in [-0.3, -0.25) is 4.68 Å². The zero-order chi connectivity index (χ0) is 14.8. The van der Waals surface area contributed by atoms with Crippen molar-refractivity contribution in [3.8, 4) is 0 Å². The van der Waals surface area contributed by atoms with Crippen LogP contribution in [0.3, 0.4) is 0 Å². The molecule has 1 aromatic rings. The molecule has 1 heterocycles. The zero-order valence-corrected chi connectivity index (χ0v) is 12.0. The summed E-state index contributed by atoms with van der Waals surface area (Å²) in [6.07, 6.45) is -2.38. The zero-order valence-electron chi connectivity index (χ0n) is 12.0. The van der Waals surface area contributed by atoms with Gasteiger partial charge in [0, 0.05) is 18.3 Å². The molecular weight excluding hydrogens is 255 g/mol. The summed E-state index contributed by atoms with van der Waals surface area (Å²) >= 11 is 0. The summed E-state index contributed by atoms with van der Waals surface area (Å²) in [6.45, 7) is 10.6. The van der Waals surface area contributed by atoms with E-state index >= 15 is 0 Å². The van der Waals surface area contributed by atoms with Crippen LogP contribution < -0.4 is 5.32 Å². The van der Waals surface area contributed by atoms with E-state index in [2.05, 4.69) is 10.4 Å². The third kappa shape index (κ3) is 4.86. The first-order valence-corrected chi connectivity index (χ1v) is 6.37. The van der Waals surface area contributed by atoms with Crippen molar-refractivity contribution in [3.05, 3.63) is 18.0 Å². The van der Waals surface area contributed by atoms with Gasteiger partial charge >= 0.3 is 6.18 Å². The lowest BCUT2D eigenvalue weighted by Crippen LogP contribution is -2.41. The minimum Gasteiger partial charge on any atom is -0.310 e. The molecule has 0 aliphatic heterocycles. The Morgan fingerprint density at radius 1 is 1.26 bits per heavy atom. The molecule has 1 N–H and O–H groups in total. The SMILES string of the molecule is CC(C)C(CNC(C)(C)C)n1cc(C(F)(F)F)cn1. The lowest BCUT2D eigenvalue weighted by molar-refractivity contribution is -0.137. The smallest absolute Gasteiger partial charge is 0.310 e. The maximum absolute atomic E-state index is 12.6. The molecule has 110 valence electrons. The third-order valence-electron chi connectivity index (χ3n) is 2.88. The minimum absolute atomic E-state index is 0.0762. The van der Waals surface area contributed by atoms with Crippen molar-refractivity contribution < 1.29 is 13.2 Å². The van der Waals surface area contributed by atoms with Crippen LogP contribution in [-0.4, -0.2) is 21.9 Å². The highest BCUT2D eigenvalue weighted by Crippen LogP contribution is 2.30. The Labute approximate surface area is 112 Å². The van der Waals surface area contributed by atoms with E-state index in [1.807, 2.05) is 34.6 Å². The predicted molar refractivity (Wildman–Crippen MR) is 68.9 cm³/mol. The Hall–Kier alpha value is -1.04. The highest BCUT2D eigenvalue weighted by molar-refractivity contribution is 5.09. The van der Waals surface area contributed by atoms with Gasteiger partial charge < -0.3 is 5.32 Å². The van der Waals surface area contributed by atoms with Gasteiger partial charge in [0.1, 0.15) is 0 Å². The molecule has 0 saturated heterocycles. The van der Waals surface area contributed by atoms with E-state index in [1.165, 1.54) is 4.68 Å². The summed E-state index contributed by atoms with van der Waals surface area (Å²) in [5.74, 6) is 0.191. The Kier molecular flexibility index (Phi) is 4.66. The molecule has 1 atom stereocenters. The summed E-state index contributed by atoms with van der Waals surface area (Å²) < 4.78 is 39.1. The van der Waals surface area contributed by atoms with Gasteiger partial charge in [-0.15, -0.1) is 0 Å². The standard InChI is InChI=1S/C13H22F3N3/c1-9(2)11(7-17-12(3,4)5)19-8-10(6-18-19)13(14,15)16/h6,8-9,11,17H,7H2,1-5H3. The first-order valence-electron chi connectivity index (χ1n) is 6.37. The van der Waals surface area contributed by atoms with Crippen LogP contribution in [0.2, 0.25) is 0 Å². The molecule has 0 radical (unpaired) electrons. The van der Waals surface area contributed by atoms with Gasteiger partial charge in [0.2, 0.25) is 0 Å². The number of aromatic nitrogens is 2. The van der Waals surface area contributed by atoms with Crippen LogP contribution in [0.4, 0.5) is 13.2 Å². The van der Waals surface area contributed by atoms with E-state index < -0.39 is 11.7 Å². The molecule has 0 fully saturated rings. The monoisotopic (exact) mass is 277 g/mol. The van der Waals surface area contributed by atoms with Crippen molar-refractivity contribution in [1.29, 1.82) is 0 Å². The number of alkyl halides is 3. The van der Waals surface area contributed by atoms with Gasteiger partial charge in [0.05, 0.1) is 17.8 Å². The maximum atomic E-state index is 12.6. The van der Waals surface area contributed by atoms with Gasteiger partial charge in [-0.05, 0) is 26.7 Å². The Bertz CT molecular complexity index is 402. The fraction of sp³-hybridized carbons (Fsp3) is 0.769. The number of hydrogen-bond donors (Lipinski definition) is 1. The molecule has 0 spiro atoms. The quantitative estimate of drug-likeness (QED) is 0.913. The van der Waals surface area contributed by atoms with E-state index in [0.29, 0.717) is 6.54 Å². The van der Waals surface area contributed by atoms with E-state index in [4.69, 9.17) is 0 Å². The first-order chi connectivity index (χ1) is 8.50. The molecule has 0 saturated carbocycles. The molecular formula is C13H22F3N3. The number of nitrogens with zero attached hydrogens (tertiary/aromatic N) is 2. The minimum atomic E-state index is -4.34. The summed E-state index contributed by atoms with van der Waals surface area (Å²) in [4.78, 5) is 0. The van der Waals surface area contributed by atoms with Crippen LogP contribution >= 0.6 is 0 Å². The predicted octanol–water partition coefficient (Wildman–Crippen LogP) is 3.49. The summed E-state index contributed by atoms with van der Waals surface area (Å²) in [5.41, 5.74) is -0.776. The topological polar surface area (TPSA) is 29.9 Å². The van der Waals surface area contributed by atoms with Crippen LogP contribution in [0.5, 0.6) is 0 Å². The van der Waals surface area contributed by atoms with Crippen molar-refractivity contribution >= 4 is 0 Å². The first kappa shape index (κ1) is 16.0. The average Bonchev–Trinajstić information content (AvgIpc) is 2.63. The summed E-state index contributed by atoms with van der Waals surface area (Å²) in [6, 6.07) is -0.102. The highest BCUT2D eigenvalue weighted by atomic mass is 19.4. The summed E-state index contributed by atoms with van der Waals surface area (Å²) in [5, 5.41) is 7.17. The second-order valence-corrected chi connectivity index (χ2v) is 6.15. The van der Waals surface area contributed by atoms with Crippen LogP contribution in [0.25, 0.3) is 0 Å². The van der Waals surface area contributed by atoms with Gasteiger partial charge in [0.25, 0.3) is 0 Å². The molecule has 0 aliphatic rings. The van der Waals surface area contributed by atoms with Gasteiger partial charge in [-0.1, -0.05) is 13.8 Å². The number of rotatable bonds is 4. The van der Waals surface area contributed by atoms with Crippen molar-refractivity contribution in [1.82, 2.24) is 15.1 Å². The Balaban J connectivity index is 2.85. The third-order valence-corrected chi connectivity index (χ3v) is 2.88. The highest BCUT2D eigenvalue weighted by Gasteiger charge is 2.33. The van der Waals surface area contributed by atoms with Crippen molar-refractivity contribution in [2.75, 3.05) is 6.54 Å². The molecule has 0 bridgehead atoms. The summed E-state index contributed by atoms with van der Waals surface area (Å²) in [7, 11) is 0. The molecule has 0 amide bonds. The molecule has 3 nitrogen and oxygen atoms in total. The number of hydrogen-bond acceptors (Lipinski definition) is 2. The molecule has 1 aromatic heterocycles. The molecule has 19 heavy (non-hydrogen) atoms. The van der Waals surface area contributed by atoms with Crippen LogP contribution in [0, 0.1) is 5.92 Å². The molecule has 6 heteroatoms. The van der Waals surface area contributed by atoms with Gasteiger partial charge in [-0.2, -0.15) is 18.3 Å². The average molecular weight is 277 g/mol. The second kappa shape index (κ2) is 5.53. The van der Waals surface area contributed by atoms with E-state index in [9.17, 15) is 13.2 Å². The van der Waals surface area contributed by atoms with Crippen molar-refractivity contribution in [2.24, 2.45) is 5.92 Å². The fourth-order valence-corrected chi connectivity index (χ4v) is 1.71. The van der Waals surface area contributed by atoms with Crippen LogP contribution in [0.1, 0.15) is 46.2 Å². The van der Waals surface area contributed by atoms with Crippen LogP contribution in [0.15, 0.2) is 12.4 Å². The number of nitrogens with one attached hydrogen (secondary N) is 1. The Morgan fingerprint density at radius 2 is 1.84 bits per heavy atom. The maximum Gasteiger partial charge on any atom is 0.419 e. The normalized spacial score (nSPS) is 15.0. The van der Waals surface area contributed by atoms with Gasteiger partial charge in [0.15, 0.2) is 0 Å². The van der Waals surface area contributed by atoms with E-state index in [1.54, 1.807) is 0 Å². The Morgan fingerprint density at radius 3 is 2.21 bits per heavy atom. The second-order valence-electron chi connectivity index (χ2n) is 6.15. The largest absolute Gasteiger partial charge is 0.419 e. The van der Waals surface area contributed by atoms with Crippen LogP contribution in [-0.2, 0) is 6.18 Å². The fourth-order valence-electron chi connectivity index (χ4n) is 1.71.